The van der Waals surface area contributed by atoms with Crippen molar-refractivity contribution >= 4 is 28.9 Å². The molecular formula is C25H21ClN4OS. The lowest BCUT2D eigenvalue weighted by atomic mass is 10.0. The molecule has 1 aromatic carbocycles. The molecule has 0 bridgehead atoms. The average molecular weight is 461 g/mol. The molecule has 1 saturated heterocycles. The Balaban J connectivity index is 1.56. The van der Waals surface area contributed by atoms with Gasteiger partial charge in [0.05, 0.1) is 24.0 Å². The molecule has 7 heteroatoms. The third-order valence-corrected chi connectivity index (χ3v) is 6.47. The molecule has 160 valence electrons. The summed E-state index contributed by atoms with van der Waals surface area (Å²) in [7, 11) is 0. The van der Waals surface area contributed by atoms with Crippen LogP contribution in [0.5, 0.6) is 0 Å². The number of nitrogens with zero attached hydrogens (tertiary/aromatic N) is 3. The molecule has 4 aromatic rings. The zero-order valence-electron chi connectivity index (χ0n) is 17.4. The Labute approximate surface area is 197 Å². The molecule has 4 heterocycles. The van der Waals surface area contributed by atoms with Crippen LogP contribution >= 0.6 is 23.8 Å². The lowest BCUT2D eigenvalue weighted by molar-refractivity contribution is 0.267. The van der Waals surface area contributed by atoms with Gasteiger partial charge in [0.15, 0.2) is 5.11 Å². The number of furan rings is 1. The van der Waals surface area contributed by atoms with E-state index in [0.717, 1.165) is 34.0 Å². The van der Waals surface area contributed by atoms with Gasteiger partial charge >= 0.3 is 0 Å². The zero-order valence-corrected chi connectivity index (χ0v) is 19.0. The van der Waals surface area contributed by atoms with Crippen molar-refractivity contribution in [3.05, 3.63) is 107 Å². The Kier molecular flexibility index (Phi) is 5.64. The number of aromatic nitrogens is 2. The van der Waals surface area contributed by atoms with Crippen LogP contribution in [-0.4, -0.2) is 20.0 Å². The van der Waals surface area contributed by atoms with Gasteiger partial charge in [-0.15, -0.1) is 0 Å². The standard InChI is InChI=1S/C25H21ClN4OS/c1-16-18(8-6-9-19(16)26)21-11-12-22(31-21)24-23(20-10-3-5-14-28-20)29-25(32)30(24)15-17-7-2-4-13-27-17/h2-14,23-24H,15H2,1H3,(H,29,32)/t23-,24-/m0/s1. The first kappa shape index (κ1) is 20.7. The number of thiocarbonyl (C=S) groups is 1. The summed E-state index contributed by atoms with van der Waals surface area (Å²) in [6.07, 6.45) is 3.58. The van der Waals surface area contributed by atoms with Gasteiger partial charge in [-0.25, -0.2) is 0 Å². The summed E-state index contributed by atoms with van der Waals surface area (Å²) in [6.45, 7) is 2.56. The van der Waals surface area contributed by atoms with E-state index in [1.54, 1.807) is 12.4 Å². The molecule has 32 heavy (non-hydrogen) atoms. The molecule has 5 nitrogen and oxygen atoms in total. The van der Waals surface area contributed by atoms with E-state index in [1.807, 2.05) is 73.7 Å². The number of hydrogen-bond acceptors (Lipinski definition) is 4. The summed E-state index contributed by atoms with van der Waals surface area (Å²) >= 11 is 12.1. The molecule has 0 aliphatic carbocycles. The zero-order chi connectivity index (χ0) is 22.1. The minimum absolute atomic E-state index is 0.146. The molecule has 2 atom stereocenters. The lowest BCUT2D eigenvalue weighted by Gasteiger charge is -2.25. The van der Waals surface area contributed by atoms with E-state index < -0.39 is 0 Å². The summed E-state index contributed by atoms with van der Waals surface area (Å²) in [5.74, 6) is 1.58. The molecule has 1 aliphatic heterocycles. The Morgan fingerprint density at radius 3 is 2.56 bits per heavy atom. The van der Waals surface area contributed by atoms with Crippen LogP contribution < -0.4 is 5.32 Å². The Hall–Kier alpha value is -3.22. The van der Waals surface area contributed by atoms with E-state index in [0.29, 0.717) is 16.7 Å². The molecule has 0 unspecified atom stereocenters. The first-order valence-electron chi connectivity index (χ1n) is 10.3. The minimum atomic E-state index is -0.173. The van der Waals surface area contributed by atoms with Gasteiger partial charge in [-0.05, 0) is 67.2 Å². The van der Waals surface area contributed by atoms with Crippen molar-refractivity contribution in [1.29, 1.82) is 0 Å². The van der Waals surface area contributed by atoms with E-state index in [1.165, 1.54) is 0 Å². The molecule has 0 spiro atoms. The van der Waals surface area contributed by atoms with Crippen molar-refractivity contribution in [3.63, 3.8) is 0 Å². The third kappa shape index (κ3) is 3.87. The van der Waals surface area contributed by atoms with Crippen LogP contribution in [0, 0.1) is 6.92 Å². The van der Waals surface area contributed by atoms with Gasteiger partial charge in [-0.3, -0.25) is 9.97 Å². The summed E-state index contributed by atoms with van der Waals surface area (Å²) in [5.41, 5.74) is 3.80. The maximum atomic E-state index is 6.41. The predicted molar refractivity (Wildman–Crippen MR) is 129 cm³/mol. The van der Waals surface area contributed by atoms with Crippen LogP contribution in [0.25, 0.3) is 11.3 Å². The van der Waals surface area contributed by atoms with Gasteiger partial charge in [-0.2, -0.15) is 0 Å². The highest BCUT2D eigenvalue weighted by atomic mass is 35.5. The summed E-state index contributed by atoms with van der Waals surface area (Å²) in [5, 5.41) is 4.81. The van der Waals surface area contributed by atoms with Crippen LogP contribution in [0.15, 0.2) is 83.5 Å². The summed E-state index contributed by atoms with van der Waals surface area (Å²) in [4.78, 5) is 11.2. The number of nitrogens with one attached hydrogen (secondary N) is 1. The second-order valence-electron chi connectivity index (χ2n) is 7.69. The van der Waals surface area contributed by atoms with Gasteiger partial charge in [0.2, 0.25) is 0 Å². The van der Waals surface area contributed by atoms with Gasteiger partial charge < -0.3 is 14.6 Å². The fourth-order valence-corrected chi connectivity index (χ4v) is 4.56. The molecule has 3 aromatic heterocycles. The number of benzene rings is 1. The normalized spacial score (nSPS) is 18.1. The van der Waals surface area contributed by atoms with Crippen LogP contribution in [0.3, 0.4) is 0 Å². The molecule has 0 saturated carbocycles. The fourth-order valence-electron chi connectivity index (χ4n) is 4.08. The Morgan fingerprint density at radius 2 is 1.81 bits per heavy atom. The molecule has 5 rings (SSSR count). The van der Waals surface area contributed by atoms with Crippen molar-refractivity contribution in [2.45, 2.75) is 25.6 Å². The minimum Gasteiger partial charge on any atom is -0.459 e. The Bertz CT molecular complexity index is 1250. The topological polar surface area (TPSA) is 54.2 Å². The van der Waals surface area contributed by atoms with E-state index in [-0.39, 0.29) is 12.1 Å². The Morgan fingerprint density at radius 1 is 1.00 bits per heavy atom. The average Bonchev–Trinajstić information content (AvgIpc) is 3.42. The predicted octanol–water partition coefficient (Wildman–Crippen LogP) is 5.87. The second-order valence-corrected chi connectivity index (χ2v) is 8.48. The SMILES string of the molecule is Cc1c(Cl)cccc1-c1ccc([C@H]2[C@H](c3ccccn3)NC(=S)N2Cc2ccccn2)o1. The summed E-state index contributed by atoms with van der Waals surface area (Å²) < 4.78 is 6.41. The highest BCUT2D eigenvalue weighted by Crippen LogP contribution is 2.41. The van der Waals surface area contributed by atoms with Gasteiger partial charge in [0.1, 0.15) is 17.6 Å². The molecule has 0 radical (unpaired) electrons. The van der Waals surface area contributed by atoms with E-state index >= 15 is 0 Å². The first-order valence-corrected chi connectivity index (χ1v) is 11.1. The van der Waals surface area contributed by atoms with Crippen molar-refractivity contribution in [3.8, 4) is 11.3 Å². The van der Waals surface area contributed by atoms with Gasteiger partial charge in [0, 0.05) is 23.0 Å². The van der Waals surface area contributed by atoms with Crippen molar-refractivity contribution in [1.82, 2.24) is 20.2 Å². The number of hydrogen-bond donors (Lipinski definition) is 1. The maximum Gasteiger partial charge on any atom is 0.170 e. The van der Waals surface area contributed by atoms with Crippen LogP contribution in [0.1, 0.15) is 34.8 Å². The molecule has 1 N–H and O–H groups in total. The van der Waals surface area contributed by atoms with Gasteiger partial charge in [-0.1, -0.05) is 35.9 Å². The largest absolute Gasteiger partial charge is 0.459 e. The van der Waals surface area contributed by atoms with Crippen molar-refractivity contribution in [2.24, 2.45) is 0 Å². The van der Waals surface area contributed by atoms with Crippen LogP contribution in [0.4, 0.5) is 0 Å². The summed E-state index contributed by atoms with van der Waals surface area (Å²) in [6, 6.07) is 21.3. The number of rotatable bonds is 5. The fraction of sp³-hybridized carbons (Fsp3) is 0.160. The van der Waals surface area contributed by atoms with E-state index in [2.05, 4.69) is 20.2 Å². The quantitative estimate of drug-likeness (QED) is 0.376. The van der Waals surface area contributed by atoms with Gasteiger partial charge in [0.25, 0.3) is 0 Å². The number of halogens is 1. The molecular weight excluding hydrogens is 440 g/mol. The lowest BCUT2D eigenvalue weighted by Crippen LogP contribution is -2.29. The van der Waals surface area contributed by atoms with E-state index in [4.69, 9.17) is 28.2 Å². The molecule has 1 aliphatic rings. The van der Waals surface area contributed by atoms with Crippen molar-refractivity contribution in [2.75, 3.05) is 0 Å². The third-order valence-electron chi connectivity index (χ3n) is 5.71. The van der Waals surface area contributed by atoms with Crippen LogP contribution in [0.2, 0.25) is 5.02 Å². The maximum absolute atomic E-state index is 6.41. The smallest absolute Gasteiger partial charge is 0.170 e. The monoisotopic (exact) mass is 460 g/mol. The molecule has 1 fully saturated rings. The highest BCUT2D eigenvalue weighted by molar-refractivity contribution is 7.80. The van der Waals surface area contributed by atoms with E-state index in [9.17, 15) is 0 Å². The molecule has 0 amide bonds. The first-order chi connectivity index (χ1) is 15.6. The number of pyridine rings is 2. The highest BCUT2D eigenvalue weighted by Gasteiger charge is 2.41. The second kappa shape index (κ2) is 8.73. The van der Waals surface area contributed by atoms with Crippen LogP contribution in [-0.2, 0) is 6.54 Å². The van der Waals surface area contributed by atoms with Crippen molar-refractivity contribution < 1.29 is 4.42 Å².